The fourth-order valence-electron chi connectivity index (χ4n) is 3.82. The van der Waals surface area contributed by atoms with Gasteiger partial charge in [-0.25, -0.2) is 4.79 Å². The number of nitrogens with zero attached hydrogens (tertiary/aromatic N) is 2. The topological polar surface area (TPSA) is 118 Å². The van der Waals surface area contributed by atoms with Crippen molar-refractivity contribution in [2.75, 3.05) is 19.5 Å². The number of thiophene rings is 1. The van der Waals surface area contributed by atoms with E-state index >= 15 is 0 Å². The Bertz CT molecular complexity index is 1200. The van der Waals surface area contributed by atoms with Gasteiger partial charge in [-0.1, -0.05) is 6.92 Å². The van der Waals surface area contributed by atoms with E-state index in [2.05, 4.69) is 17.5 Å². The van der Waals surface area contributed by atoms with Gasteiger partial charge in [0.05, 0.1) is 30.3 Å². The maximum absolute atomic E-state index is 13.1. The third kappa shape index (κ3) is 4.76. The van der Waals surface area contributed by atoms with Crippen LogP contribution in [0.4, 0.5) is 5.00 Å². The summed E-state index contributed by atoms with van der Waals surface area (Å²) in [5.41, 5.74) is 1.99. The Labute approximate surface area is 205 Å². The molecule has 0 fully saturated rings. The molecule has 0 aliphatic heterocycles. The highest BCUT2D eigenvalue weighted by Gasteiger charge is 2.31. The molecule has 180 valence electrons. The third-order valence-electron chi connectivity index (χ3n) is 5.68. The third-order valence-corrected chi connectivity index (χ3v) is 7.99. The van der Waals surface area contributed by atoms with Crippen LogP contribution in [0.25, 0.3) is 5.69 Å². The van der Waals surface area contributed by atoms with Crippen LogP contribution in [-0.2, 0) is 22.4 Å². The molecule has 34 heavy (non-hydrogen) atoms. The Hall–Kier alpha value is -3.05. The molecule has 2 atom stereocenters. The molecule has 0 saturated carbocycles. The van der Waals surface area contributed by atoms with E-state index in [0.29, 0.717) is 27.9 Å². The molecule has 0 bridgehead atoms. The number of esters is 1. The number of ether oxygens (including phenoxy) is 2. The van der Waals surface area contributed by atoms with Crippen LogP contribution in [0.3, 0.4) is 0 Å². The summed E-state index contributed by atoms with van der Waals surface area (Å²) in [6.45, 7) is 3.85. The standard InChI is InChI=1S/C23H25N3O6S2/c1-12-5-10-16-17(11-12)34-20(18(16)22(28)31-4)24-19(27)13(2)33-21-23(29)32-25-26(21)14-6-8-15(30-3)9-7-14/h6-9,12-13H,5,10-11H2,1-4H3,(H-,24,25,27,28,29). The van der Waals surface area contributed by atoms with Crippen LogP contribution in [0.15, 0.2) is 33.8 Å². The summed E-state index contributed by atoms with van der Waals surface area (Å²) in [6.07, 6.45) is 2.63. The van der Waals surface area contributed by atoms with Crippen LogP contribution in [-0.4, -0.2) is 36.6 Å². The molecule has 0 radical (unpaired) electrons. The zero-order valence-electron chi connectivity index (χ0n) is 19.2. The summed E-state index contributed by atoms with van der Waals surface area (Å²) in [4.78, 5) is 26.7. The summed E-state index contributed by atoms with van der Waals surface area (Å²) in [5, 5.41) is 19.0. The van der Waals surface area contributed by atoms with E-state index in [9.17, 15) is 14.7 Å². The molecular formula is C23H25N3O6S2. The number of amides is 1. The lowest BCUT2D eigenvalue weighted by Crippen LogP contribution is -2.36. The lowest BCUT2D eigenvalue weighted by Gasteiger charge is -2.18. The van der Waals surface area contributed by atoms with Gasteiger partial charge >= 0.3 is 5.97 Å². The second-order valence-corrected chi connectivity index (χ2v) is 10.5. The monoisotopic (exact) mass is 503 g/mol. The van der Waals surface area contributed by atoms with Gasteiger partial charge in [0.25, 0.3) is 5.03 Å². The Kier molecular flexibility index (Phi) is 7.13. The van der Waals surface area contributed by atoms with E-state index in [0.717, 1.165) is 41.5 Å². The van der Waals surface area contributed by atoms with E-state index in [-0.39, 0.29) is 10.9 Å². The minimum atomic E-state index is -0.667. The van der Waals surface area contributed by atoms with Crippen molar-refractivity contribution in [2.24, 2.45) is 5.92 Å². The summed E-state index contributed by atoms with van der Waals surface area (Å²) < 4.78 is 16.3. The number of methoxy groups -OCH3 is 2. The quantitative estimate of drug-likeness (QED) is 0.297. The zero-order valence-corrected chi connectivity index (χ0v) is 20.9. The van der Waals surface area contributed by atoms with Crippen LogP contribution in [0.1, 0.15) is 41.1 Å². The molecule has 11 heteroatoms. The van der Waals surface area contributed by atoms with Gasteiger partial charge in [-0.05, 0) is 66.2 Å². The molecule has 9 nitrogen and oxygen atoms in total. The molecule has 1 aliphatic rings. The number of carbonyl (C=O) groups is 2. The van der Waals surface area contributed by atoms with Crippen molar-refractivity contribution in [3.8, 4) is 17.4 Å². The molecular weight excluding hydrogens is 478 g/mol. The van der Waals surface area contributed by atoms with Gasteiger partial charge in [-0.15, -0.1) is 11.3 Å². The Balaban J connectivity index is 1.55. The van der Waals surface area contributed by atoms with Crippen molar-refractivity contribution in [1.29, 1.82) is 0 Å². The summed E-state index contributed by atoms with van der Waals surface area (Å²) in [6, 6.07) is 6.93. The highest BCUT2D eigenvalue weighted by Crippen LogP contribution is 2.40. The molecule has 1 amide bonds. The SMILES string of the molecule is COC(=O)c1c(NC(=O)C(C)Sc2c([O-])on[n+]2-c2ccc(OC)cc2)sc2c1CCC(C)C2. The fourth-order valence-corrected chi connectivity index (χ4v) is 6.09. The van der Waals surface area contributed by atoms with E-state index < -0.39 is 17.2 Å². The molecule has 1 aromatic carbocycles. The smallest absolute Gasteiger partial charge is 0.341 e. The van der Waals surface area contributed by atoms with E-state index in [4.69, 9.17) is 14.0 Å². The molecule has 4 rings (SSSR count). The molecule has 0 saturated heterocycles. The average molecular weight is 504 g/mol. The normalized spacial score (nSPS) is 15.9. The minimum Gasteiger partial charge on any atom is -0.538 e. The Morgan fingerprint density at radius 1 is 1.32 bits per heavy atom. The number of benzene rings is 1. The number of hydrogen-bond donors (Lipinski definition) is 1. The fraction of sp³-hybridized carbons (Fsp3) is 0.391. The lowest BCUT2D eigenvalue weighted by atomic mass is 9.88. The number of aromatic nitrogens is 2. The first-order chi connectivity index (χ1) is 16.3. The van der Waals surface area contributed by atoms with Crippen LogP contribution >= 0.6 is 23.1 Å². The van der Waals surface area contributed by atoms with Crippen molar-refractivity contribution in [1.82, 2.24) is 5.27 Å². The van der Waals surface area contributed by atoms with Gasteiger partial charge in [0.2, 0.25) is 11.6 Å². The van der Waals surface area contributed by atoms with E-state index in [1.54, 1.807) is 38.3 Å². The van der Waals surface area contributed by atoms with Crippen molar-refractivity contribution in [3.63, 3.8) is 0 Å². The van der Waals surface area contributed by atoms with Crippen molar-refractivity contribution >= 4 is 40.0 Å². The second kappa shape index (κ2) is 10.1. The number of anilines is 1. The van der Waals surface area contributed by atoms with Crippen LogP contribution in [0.5, 0.6) is 11.7 Å². The number of rotatable bonds is 7. The first-order valence-electron chi connectivity index (χ1n) is 10.8. The van der Waals surface area contributed by atoms with Gasteiger partial charge in [-0.3, -0.25) is 4.79 Å². The van der Waals surface area contributed by atoms with Crippen LogP contribution in [0, 0.1) is 5.92 Å². The number of fused-ring (bicyclic) bond motifs is 1. The van der Waals surface area contributed by atoms with Crippen LogP contribution < -0.4 is 19.8 Å². The largest absolute Gasteiger partial charge is 0.538 e. The van der Waals surface area contributed by atoms with Gasteiger partial charge in [-0.2, -0.15) is 0 Å². The lowest BCUT2D eigenvalue weighted by molar-refractivity contribution is -0.705. The van der Waals surface area contributed by atoms with E-state index in [1.165, 1.54) is 23.1 Å². The van der Waals surface area contributed by atoms with Gasteiger partial charge in [0, 0.05) is 17.0 Å². The maximum atomic E-state index is 13.1. The molecule has 2 unspecified atom stereocenters. The number of nitrogens with one attached hydrogen (secondary N) is 1. The molecule has 1 aliphatic carbocycles. The molecule has 0 spiro atoms. The van der Waals surface area contributed by atoms with Crippen molar-refractivity contribution < 1.29 is 33.4 Å². The van der Waals surface area contributed by atoms with Crippen molar-refractivity contribution in [3.05, 3.63) is 40.3 Å². The van der Waals surface area contributed by atoms with E-state index in [1.807, 2.05) is 0 Å². The summed E-state index contributed by atoms with van der Waals surface area (Å²) >= 11 is 2.45. The molecule has 2 heterocycles. The highest BCUT2D eigenvalue weighted by atomic mass is 32.2. The predicted molar refractivity (Wildman–Crippen MR) is 125 cm³/mol. The highest BCUT2D eigenvalue weighted by molar-refractivity contribution is 8.00. The number of carbonyl (C=O) groups excluding carboxylic acids is 2. The van der Waals surface area contributed by atoms with Crippen molar-refractivity contribution in [2.45, 2.75) is 43.4 Å². The summed E-state index contributed by atoms with van der Waals surface area (Å²) in [5.74, 6) is -0.264. The first kappa shape index (κ1) is 24.1. The zero-order chi connectivity index (χ0) is 24.4. The summed E-state index contributed by atoms with van der Waals surface area (Å²) in [7, 11) is 2.90. The average Bonchev–Trinajstić information content (AvgIpc) is 3.37. The minimum absolute atomic E-state index is 0.167. The Morgan fingerprint density at radius 2 is 2.06 bits per heavy atom. The van der Waals surface area contributed by atoms with Gasteiger partial charge in [0.1, 0.15) is 10.8 Å². The van der Waals surface area contributed by atoms with Crippen LogP contribution in [0.2, 0.25) is 0 Å². The Morgan fingerprint density at radius 3 is 2.74 bits per heavy atom. The first-order valence-corrected chi connectivity index (χ1v) is 12.5. The molecule has 1 N–H and O–H groups in total. The maximum Gasteiger partial charge on any atom is 0.341 e. The van der Waals surface area contributed by atoms with Gasteiger partial charge < -0.3 is 24.4 Å². The molecule has 2 aromatic heterocycles. The molecule has 3 aromatic rings. The number of hydrogen-bond acceptors (Lipinski definition) is 9. The van der Waals surface area contributed by atoms with Gasteiger partial charge in [0.15, 0.2) is 5.95 Å². The predicted octanol–water partition coefficient (Wildman–Crippen LogP) is 3.13. The number of thioether (sulfide) groups is 1. The second-order valence-electron chi connectivity index (χ2n) is 8.07.